The second kappa shape index (κ2) is 18.2. The zero-order chi connectivity index (χ0) is 43.7. The third-order valence-electron chi connectivity index (χ3n) is 11.7. The molecule has 0 amide bonds. The van der Waals surface area contributed by atoms with E-state index in [9.17, 15) is 45.0 Å². The molecule has 0 radical (unpaired) electrons. The number of esters is 3. The minimum Gasteiger partial charge on any atom is -0.508 e. The molecule has 3 saturated heterocycles. The Hall–Kier alpha value is -5.25. The fourth-order valence-corrected chi connectivity index (χ4v) is 8.42. The summed E-state index contributed by atoms with van der Waals surface area (Å²) in [5.41, 5.74) is -0.488. The van der Waals surface area contributed by atoms with Crippen molar-refractivity contribution in [1.29, 1.82) is 0 Å². The van der Waals surface area contributed by atoms with E-state index in [1.54, 1.807) is 61.5 Å². The van der Waals surface area contributed by atoms with Crippen LogP contribution in [0.3, 0.4) is 0 Å². The van der Waals surface area contributed by atoms with E-state index in [4.69, 9.17) is 42.6 Å². The summed E-state index contributed by atoms with van der Waals surface area (Å²) in [5.74, 6) is -4.05. The van der Waals surface area contributed by atoms with Gasteiger partial charge in [-0.2, -0.15) is 0 Å². The third kappa shape index (κ3) is 8.58. The van der Waals surface area contributed by atoms with E-state index >= 15 is 0 Å². The lowest BCUT2D eigenvalue weighted by molar-refractivity contribution is -0.346. The van der Waals surface area contributed by atoms with Gasteiger partial charge in [0.05, 0.1) is 48.7 Å². The molecule has 8 rings (SSSR count). The quantitative estimate of drug-likeness (QED) is 0.0605. The lowest BCUT2D eigenvalue weighted by Crippen LogP contribution is -2.62. The van der Waals surface area contributed by atoms with Gasteiger partial charge < -0.3 is 73.3 Å². The van der Waals surface area contributed by atoms with Crippen LogP contribution in [0.25, 0.3) is 6.08 Å². The first kappa shape index (κ1) is 43.4. The van der Waals surface area contributed by atoms with Gasteiger partial charge in [0, 0.05) is 12.0 Å². The van der Waals surface area contributed by atoms with Crippen molar-refractivity contribution < 1.29 is 87.7 Å². The van der Waals surface area contributed by atoms with Crippen LogP contribution in [-0.4, -0.2) is 147 Å². The largest absolute Gasteiger partial charge is 0.508 e. The van der Waals surface area contributed by atoms with E-state index in [2.05, 4.69) is 0 Å². The van der Waals surface area contributed by atoms with E-state index < -0.39 is 128 Å². The van der Waals surface area contributed by atoms with Crippen LogP contribution in [-0.2, 0) is 47.4 Å². The van der Waals surface area contributed by atoms with Crippen molar-refractivity contribution in [2.75, 3.05) is 13.2 Å². The number of aliphatic hydroxyl groups is 5. The summed E-state index contributed by atoms with van der Waals surface area (Å²) in [7, 11) is 0. The fourth-order valence-electron chi connectivity index (χ4n) is 8.42. The van der Waals surface area contributed by atoms with Gasteiger partial charge in [0.15, 0.2) is 30.9 Å². The molecule has 62 heavy (non-hydrogen) atoms. The first-order chi connectivity index (χ1) is 29.9. The molecule has 3 aromatic rings. The Morgan fingerprint density at radius 2 is 1.35 bits per heavy atom. The summed E-state index contributed by atoms with van der Waals surface area (Å²) in [6, 6.07) is 22.0. The van der Waals surface area contributed by atoms with Gasteiger partial charge in [-0.05, 0) is 61.0 Å². The van der Waals surface area contributed by atoms with Gasteiger partial charge in [0.1, 0.15) is 41.9 Å². The highest BCUT2D eigenvalue weighted by Gasteiger charge is 2.77. The van der Waals surface area contributed by atoms with Crippen LogP contribution in [0.2, 0.25) is 0 Å². The molecule has 4 fully saturated rings. The summed E-state index contributed by atoms with van der Waals surface area (Å²) in [6.07, 6.45) is -12.7. The molecule has 5 aliphatic rings. The van der Waals surface area contributed by atoms with Crippen LogP contribution in [0.15, 0.2) is 103 Å². The van der Waals surface area contributed by atoms with Gasteiger partial charge in [0.2, 0.25) is 6.29 Å². The van der Waals surface area contributed by atoms with Gasteiger partial charge in [-0.25, -0.2) is 14.4 Å². The van der Waals surface area contributed by atoms with Crippen molar-refractivity contribution in [1.82, 2.24) is 0 Å². The molecule has 4 aliphatic heterocycles. The van der Waals surface area contributed by atoms with Crippen LogP contribution in [0.1, 0.15) is 33.2 Å². The number of phenolic OH excluding ortho intramolecular Hbond substituents is 1. The van der Waals surface area contributed by atoms with Crippen molar-refractivity contribution >= 4 is 24.0 Å². The zero-order valence-electron chi connectivity index (χ0n) is 33.0. The lowest BCUT2D eigenvalue weighted by Gasteiger charge is -2.45. The molecule has 330 valence electrons. The highest BCUT2D eigenvalue weighted by Crippen LogP contribution is 2.61. The number of phenols is 1. The number of epoxide rings is 1. The molecule has 18 heteroatoms. The number of hydrogen-bond donors (Lipinski definition) is 6. The van der Waals surface area contributed by atoms with Gasteiger partial charge in [0.25, 0.3) is 0 Å². The Morgan fingerprint density at radius 1 is 0.710 bits per heavy atom. The monoisotopic (exact) mass is 862 g/mol. The smallest absolute Gasteiger partial charge is 0.338 e. The van der Waals surface area contributed by atoms with Crippen molar-refractivity contribution in [3.63, 3.8) is 0 Å². The maximum absolute atomic E-state index is 13.8. The van der Waals surface area contributed by atoms with E-state index in [0.29, 0.717) is 5.56 Å². The van der Waals surface area contributed by atoms with Crippen LogP contribution in [0.5, 0.6) is 5.75 Å². The normalized spacial score (nSPS) is 37.1. The maximum Gasteiger partial charge on any atom is 0.338 e. The standard InChI is InChI=1S/C44H46O18/c1-22-34(57-29(48)17-14-23-12-15-26(47)16-13-23)36(58-39(52)24-8-4-2-5-9-24)37(59-40(53)25-10-6-3-7-11-25)43(55-22)60-35-27-18-19-54-41(30(27)44(21-46)38(35)62-44)61-42-33(51)32(50)31(49)28(20-45)56-42/h2-19,22,27-28,30-38,41-43,45-47,49-51H,20-21H2,1H3/t22-,27+,28+,30+,31+,32-,33+,34-,35-,36+,37+,38-,41-,42-,43-,44+/m0/s1. The molecule has 0 bridgehead atoms. The van der Waals surface area contributed by atoms with Crippen LogP contribution >= 0.6 is 0 Å². The summed E-state index contributed by atoms with van der Waals surface area (Å²) in [5, 5.41) is 61.6. The maximum atomic E-state index is 13.8. The Balaban J connectivity index is 1.10. The minimum absolute atomic E-state index is 0.0336. The van der Waals surface area contributed by atoms with Crippen molar-refractivity contribution in [2.24, 2.45) is 11.8 Å². The Labute approximate surface area is 354 Å². The number of aromatic hydroxyl groups is 1. The molecule has 6 N–H and O–H groups in total. The number of aliphatic hydroxyl groups excluding tert-OH is 5. The second-order valence-corrected chi connectivity index (χ2v) is 15.5. The number of carbonyl (C=O) groups excluding carboxylic acids is 3. The molecule has 16 atom stereocenters. The van der Waals surface area contributed by atoms with Gasteiger partial charge in [-0.15, -0.1) is 0 Å². The lowest BCUT2D eigenvalue weighted by atomic mass is 9.85. The summed E-state index contributed by atoms with van der Waals surface area (Å²) in [6.45, 7) is 0.308. The third-order valence-corrected chi connectivity index (χ3v) is 11.7. The summed E-state index contributed by atoms with van der Waals surface area (Å²) >= 11 is 0. The number of hydrogen-bond acceptors (Lipinski definition) is 18. The van der Waals surface area contributed by atoms with Crippen LogP contribution in [0.4, 0.5) is 0 Å². The minimum atomic E-state index is -1.76. The first-order valence-electron chi connectivity index (χ1n) is 20.0. The number of ether oxygens (including phenoxy) is 9. The predicted octanol–water partition coefficient (Wildman–Crippen LogP) is 0.961. The summed E-state index contributed by atoms with van der Waals surface area (Å²) in [4.78, 5) is 41.1. The molecule has 18 nitrogen and oxygen atoms in total. The first-order valence-corrected chi connectivity index (χ1v) is 20.0. The SMILES string of the molecule is C[C@@H]1O[C@@H](O[C@H]2[C@@H]3C=CO[C@@H](O[C@@H]4O[C@H](CO)[C@@H](O)[C@H](O)[C@H]4O)[C@@H]3[C@@]3(CO)O[C@@H]23)[C@H](OC(=O)c2ccccc2)[C@H](OC(=O)c2ccccc2)[C@H]1OC(=O)C=Cc1ccc(O)cc1. The molecule has 0 unspecified atom stereocenters. The van der Waals surface area contributed by atoms with Crippen molar-refractivity contribution in [3.05, 3.63) is 120 Å². The highest BCUT2D eigenvalue weighted by atomic mass is 16.8. The Bertz CT molecular complexity index is 2100. The van der Waals surface area contributed by atoms with E-state index in [-0.39, 0.29) is 16.9 Å². The summed E-state index contributed by atoms with van der Waals surface area (Å²) < 4.78 is 54.6. The molecule has 1 saturated carbocycles. The molecular weight excluding hydrogens is 816 g/mol. The number of carbonyl (C=O) groups is 3. The number of benzene rings is 3. The van der Waals surface area contributed by atoms with Crippen molar-refractivity contribution in [2.45, 2.75) is 92.4 Å². The molecule has 1 aliphatic carbocycles. The van der Waals surface area contributed by atoms with Crippen molar-refractivity contribution in [3.8, 4) is 5.75 Å². The second-order valence-electron chi connectivity index (χ2n) is 15.5. The highest BCUT2D eigenvalue weighted by molar-refractivity contribution is 5.91. The van der Waals surface area contributed by atoms with Crippen LogP contribution < -0.4 is 0 Å². The Morgan fingerprint density at radius 3 is 1.98 bits per heavy atom. The Kier molecular flexibility index (Phi) is 12.8. The molecule has 0 spiro atoms. The van der Waals surface area contributed by atoms with Crippen LogP contribution in [0, 0.1) is 11.8 Å². The molecule has 3 aromatic carbocycles. The van der Waals surface area contributed by atoms with Gasteiger partial charge >= 0.3 is 17.9 Å². The molecular formula is C44H46O18. The number of fused-ring (bicyclic) bond motifs is 3. The zero-order valence-corrected chi connectivity index (χ0v) is 33.0. The molecule has 4 heterocycles. The van der Waals surface area contributed by atoms with Gasteiger partial charge in [-0.3, -0.25) is 0 Å². The molecule has 0 aromatic heterocycles. The predicted molar refractivity (Wildman–Crippen MR) is 208 cm³/mol. The van der Waals surface area contributed by atoms with E-state index in [1.165, 1.54) is 48.7 Å². The average molecular weight is 863 g/mol. The fraction of sp³-hybridized carbons (Fsp3) is 0.432. The number of rotatable bonds is 13. The topological polar surface area (TPSA) is 259 Å². The van der Waals surface area contributed by atoms with E-state index in [0.717, 1.165) is 6.08 Å². The average Bonchev–Trinajstić information content (AvgIpc) is 3.96. The van der Waals surface area contributed by atoms with Gasteiger partial charge in [-0.1, -0.05) is 48.5 Å². The van der Waals surface area contributed by atoms with E-state index in [1.807, 2.05) is 0 Å².